The molecule has 2 rings (SSSR count). The van der Waals surface area contributed by atoms with Gasteiger partial charge in [0.25, 0.3) is 5.91 Å². The third kappa shape index (κ3) is 3.56. The molecule has 0 saturated heterocycles. The van der Waals surface area contributed by atoms with Crippen LogP contribution in [0.2, 0.25) is 0 Å². The summed E-state index contributed by atoms with van der Waals surface area (Å²) in [4.78, 5) is 11.9. The molecular weight excluding hydrogens is 283 g/mol. The van der Waals surface area contributed by atoms with Gasteiger partial charge in [0.05, 0.1) is 6.61 Å². The Kier molecular flexibility index (Phi) is 4.88. The van der Waals surface area contributed by atoms with E-state index in [9.17, 15) is 23.1 Å². The molecule has 0 atom stereocenters. The number of halogens is 3. The second-order valence-electron chi connectivity index (χ2n) is 5.65. The van der Waals surface area contributed by atoms with E-state index >= 15 is 0 Å². The Morgan fingerprint density at radius 2 is 1.71 bits per heavy atom. The van der Waals surface area contributed by atoms with Crippen LogP contribution in [-0.2, 0) is 0 Å². The van der Waals surface area contributed by atoms with Gasteiger partial charge in [-0.05, 0) is 12.8 Å². The molecule has 0 heterocycles. The lowest BCUT2D eigenvalue weighted by Crippen LogP contribution is -2.41. The van der Waals surface area contributed by atoms with Gasteiger partial charge >= 0.3 is 0 Å². The van der Waals surface area contributed by atoms with Gasteiger partial charge in [0.2, 0.25) is 0 Å². The van der Waals surface area contributed by atoms with Crippen molar-refractivity contribution >= 4 is 5.91 Å². The van der Waals surface area contributed by atoms with Crippen LogP contribution >= 0.6 is 0 Å². The van der Waals surface area contributed by atoms with Gasteiger partial charge in [-0.1, -0.05) is 19.3 Å². The monoisotopic (exact) mass is 301 g/mol. The second-order valence-corrected chi connectivity index (χ2v) is 5.65. The first-order chi connectivity index (χ1) is 9.97. The number of carbonyl (C=O) groups excluding carboxylic acids is 1. The van der Waals surface area contributed by atoms with Gasteiger partial charge in [0.15, 0.2) is 0 Å². The highest BCUT2D eigenvalue weighted by molar-refractivity contribution is 5.94. The molecule has 1 aromatic rings. The highest BCUT2D eigenvalue weighted by Gasteiger charge is 2.32. The lowest BCUT2D eigenvalue weighted by molar-refractivity contribution is 0.0714. The molecule has 0 bridgehead atoms. The molecule has 1 fully saturated rings. The molecule has 0 spiro atoms. The quantitative estimate of drug-likeness (QED) is 0.898. The molecule has 0 aliphatic heterocycles. The number of aliphatic hydroxyl groups is 1. The first-order valence-corrected chi connectivity index (χ1v) is 7.01. The second kappa shape index (κ2) is 6.47. The zero-order valence-corrected chi connectivity index (χ0v) is 11.6. The van der Waals surface area contributed by atoms with Crippen molar-refractivity contribution in [3.63, 3.8) is 0 Å². The van der Waals surface area contributed by atoms with E-state index in [4.69, 9.17) is 0 Å². The van der Waals surface area contributed by atoms with Crippen molar-refractivity contribution in [3.8, 4) is 0 Å². The van der Waals surface area contributed by atoms with E-state index < -0.39 is 34.3 Å². The van der Waals surface area contributed by atoms with E-state index in [1.165, 1.54) is 0 Å². The minimum atomic E-state index is -1.23. The molecule has 2 N–H and O–H groups in total. The number of benzene rings is 1. The third-order valence-corrected chi connectivity index (χ3v) is 4.11. The van der Waals surface area contributed by atoms with Crippen molar-refractivity contribution in [2.24, 2.45) is 5.41 Å². The summed E-state index contributed by atoms with van der Waals surface area (Å²) in [5, 5.41) is 12.0. The fraction of sp³-hybridized carbons (Fsp3) is 0.533. The Bertz CT molecular complexity index is 505. The highest BCUT2D eigenvalue weighted by Crippen LogP contribution is 2.35. The average Bonchev–Trinajstić information content (AvgIpc) is 2.45. The van der Waals surface area contributed by atoms with Gasteiger partial charge in [-0.15, -0.1) is 0 Å². The van der Waals surface area contributed by atoms with Crippen LogP contribution in [0.25, 0.3) is 0 Å². The molecule has 0 aromatic heterocycles. The lowest BCUT2D eigenvalue weighted by atomic mass is 9.74. The van der Waals surface area contributed by atoms with E-state index in [-0.39, 0.29) is 13.2 Å². The number of hydrogen-bond acceptors (Lipinski definition) is 2. The maximum Gasteiger partial charge on any atom is 0.257 e. The van der Waals surface area contributed by atoms with Crippen LogP contribution in [0.15, 0.2) is 12.1 Å². The van der Waals surface area contributed by atoms with E-state index in [1.807, 2.05) is 0 Å². The van der Waals surface area contributed by atoms with Crippen molar-refractivity contribution in [2.75, 3.05) is 13.2 Å². The zero-order chi connectivity index (χ0) is 15.5. The third-order valence-electron chi connectivity index (χ3n) is 4.11. The number of rotatable bonds is 4. The molecular formula is C15H18F3NO2. The van der Waals surface area contributed by atoms with Crippen molar-refractivity contribution in [3.05, 3.63) is 35.1 Å². The van der Waals surface area contributed by atoms with Crippen LogP contribution in [0, 0.1) is 22.9 Å². The molecule has 1 aliphatic carbocycles. The molecule has 1 saturated carbocycles. The minimum Gasteiger partial charge on any atom is -0.396 e. The molecule has 3 nitrogen and oxygen atoms in total. The number of hydrogen-bond donors (Lipinski definition) is 2. The summed E-state index contributed by atoms with van der Waals surface area (Å²) in [6, 6.07) is 0.945. The van der Waals surface area contributed by atoms with Crippen LogP contribution in [0.5, 0.6) is 0 Å². The van der Waals surface area contributed by atoms with Crippen LogP contribution in [0.3, 0.4) is 0 Å². The Hall–Kier alpha value is -1.56. The molecule has 6 heteroatoms. The zero-order valence-electron chi connectivity index (χ0n) is 11.6. The Morgan fingerprint density at radius 1 is 1.14 bits per heavy atom. The predicted octanol–water partition coefficient (Wildman–Crippen LogP) is 2.78. The molecule has 21 heavy (non-hydrogen) atoms. The van der Waals surface area contributed by atoms with Gasteiger partial charge < -0.3 is 10.4 Å². The molecule has 1 amide bonds. The van der Waals surface area contributed by atoms with Gasteiger partial charge in [0, 0.05) is 24.1 Å². The largest absolute Gasteiger partial charge is 0.396 e. The Labute approximate surface area is 121 Å². The maximum absolute atomic E-state index is 13.5. The van der Waals surface area contributed by atoms with Crippen LogP contribution in [0.1, 0.15) is 42.5 Å². The van der Waals surface area contributed by atoms with Gasteiger partial charge in [-0.2, -0.15) is 0 Å². The van der Waals surface area contributed by atoms with Gasteiger partial charge in [-0.3, -0.25) is 4.79 Å². The number of aliphatic hydroxyl groups excluding tert-OH is 1. The first kappa shape index (κ1) is 15.8. The summed E-state index contributed by atoms with van der Waals surface area (Å²) in [5.74, 6) is -4.46. The van der Waals surface area contributed by atoms with Gasteiger partial charge in [0.1, 0.15) is 23.0 Å². The fourth-order valence-corrected chi connectivity index (χ4v) is 2.81. The Morgan fingerprint density at radius 3 is 2.24 bits per heavy atom. The van der Waals surface area contributed by atoms with E-state index in [0.717, 1.165) is 32.1 Å². The normalized spacial score (nSPS) is 17.5. The van der Waals surface area contributed by atoms with Crippen LogP contribution in [-0.4, -0.2) is 24.2 Å². The maximum atomic E-state index is 13.5. The topological polar surface area (TPSA) is 49.3 Å². The molecule has 0 radical (unpaired) electrons. The smallest absolute Gasteiger partial charge is 0.257 e. The summed E-state index contributed by atoms with van der Waals surface area (Å²) in [7, 11) is 0. The number of amides is 1. The number of nitrogens with one attached hydrogen (secondary N) is 1. The average molecular weight is 301 g/mol. The van der Waals surface area contributed by atoms with Crippen LogP contribution < -0.4 is 5.32 Å². The van der Waals surface area contributed by atoms with E-state index in [2.05, 4.69) is 5.32 Å². The summed E-state index contributed by atoms with van der Waals surface area (Å²) >= 11 is 0. The van der Waals surface area contributed by atoms with Crippen LogP contribution in [0.4, 0.5) is 13.2 Å². The number of carbonyl (C=O) groups is 1. The SMILES string of the molecule is O=C(NCC1(CO)CCCCC1)c1c(F)cc(F)cc1F. The van der Waals surface area contributed by atoms with Crippen molar-refractivity contribution in [1.29, 1.82) is 0 Å². The molecule has 116 valence electrons. The standard InChI is InChI=1S/C15H18F3NO2/c16-10-6-11(17)13(12(18)7-10)14(21)19-8-15(9-20)4-2-1-3-5-15/h6-7,20H,1-5,8-9H2,(H,19,21). The first-order valence-electron chi connectivity index (χ1n) is 7.01. The molecule has 0 unspecified atom stereocenters. The summed E-state index contributed by atoms with van der Waals surface area (Å²) in [6.45, 7) is 0.0697. The minimum absolute atomic E-state index is 0.0817. The van der Waals surface area contributed by atoms with Crippen molar-refractivity contribution in [2.45, 2.75) is 32.1 Å². The van der Waals surface area contributed by atoms with E-state index in [0.29, 0.717) is 12.1 Å². The fourth-order valence-electron chi connectivity index (χ4n) is 2.81. The van der Waals surface area contributed by atoms with Crippen molar-refractivity contribution < 1.29 is 23.1 Å². The van der Waals surface area contributed by atoms with Gasteiger partial charge in [-0.25, -0.2) is 13.2 Å². The molecule has 1 aliphatic rings. The predicted molar refractivity (Wildman–Crippen MR) is 71.3 cm³/mol. The highest BCUT2D eigenvalue weighted by atomic mass is 19.1. The Balaban J connectivity index is 2.08. The van der Waals surface area contributed by atoms with Crippen molar-refractivity contribution in [1.82, 2.24) is 5.32 Å². The van der Waals surface area contributed by atoms with E-state index in [1.54, 1.807) is 0 Å². The lowest BCUT2D eigenvalue weighted by Gasteiger charge is -2.35. The summed E-state index contributed by atoms with van der Waals surface area (Å²) in [5.41, 5.74) is -1.22. The summed E-state index contributed by atoms with van der Waals surface area (Å²) in [6.07, 6.45) is 4.51. The summed E-state index contributed by atoms with van der Waals surface area (Å²) < 4.78 is 39.8. The molecule has 1 aromatic carbocycles.